The zero-order chi connectivity index (χ0) is 16.2. The second-order valence-corrected chi connectivity index (χ2v) is 6.00. The van der Waals surface area contributed by atoms with E-state index in [1.807, 2.05) is 43.3 Å². The molecule has 0 bridgehead atoms. The highest BCUT2D eigenvalue weighted by Crippen LogP contribution is 2.24. The van der Waals surface area contributed by atoms with Gasteiger partial charge in [-0.2, -0.15) is 4.98 Å². The fourth-order valence-corrected chi connectivity index (χ4v) is 2.35. The third kappa shape index (κ3) is 3.74. The molecule has 0 saturated heterocycles. The van der Waals surface area contributed by atoms with Gasteiger partial charge in [0.05, 0.1) is 11.2 Å². The molecular formula is C18H21N5. The summed E-state index contributed by atoms with van der Waals surface area (Å²) in [7, 11) is 0. The van der Waals surface area contributed by atoms with Gasteiger partial charge >= 0.3 is 0 Å². The topological polar surface area (TPSA) is 62.7 Å². The molecule has 0 amide bonds. The van der Waals surface area contributed by atoms with Crippen LogP contribution < -0.4 is 10.6 Å². The van der Waals surface area contributed by atoms with E-state index < -0.39 is 0 Å². The molecule has 3 aromatic rings. The van der Waals surface area contributed by atoms with E-state index in [0.717, 1.165) is 34.6 Å². The number of hydrogen-bond donors (Lipinski definition) is 2. The summed E-state index contributed by atoms with van der Waals surface area (Å²) in [6, 6.07) is 12.0. The molecule has 2 N–H and O–H groups in total. The fourth-order valence-electron chi connectivity index (χ4n) is 2.35. The first-order valence-electron chi connectivity index (χ1n) is 7.82. The van der Waals surface area contributed by atoms with E-state index in [1.54, 1.807) is 6.20 Å². The first kappa shape index (κ1) is 15.2. The Kier molecular flexibility index (Phi) is 4.37. The molecule has 1 aromatic carbocycles. The van der Waals surface area contributed by atoms with Crippen LogP contribution in [0.3, 0.4) is 0 Å². The van der Waals surface area contributed by atoms with Crippen LogP contribution in [0.15, 0.2) is 42.6 Å². The molecule has 0 unspecified atom stereocenters. The van der Waals surface area contributed by atoms with Gasteiger partial charge in [0.2, 0.25) is 5.95 Å². The number of nitrogens with one attached hydrogen (secondary N) is 2. The van der Waals surface area contributed by atoms with Crippen LogP contribution in [0.25, 0.3) is 10.9 Å². The molecule has 0 fully saturated rings. The third-order valence-corrected chi connectivity index (χ3v) is 3.42. The summed E-state index contributed by atoms with van der Waals surface area (Å²) in [4.78, 5) is 13.4. The zero-order valence-corrected chi connectivity index (χ0v) is 13.7. The molecule has 5 nitrogen and oxygen atoms in total. The summed E-state index contributed by atoms with van der Waals surface area (Å²) in [5.41, 5.74) is 2.79. The Morgan fingerprint density at radius 3 is 2.74 bits per heavy atom. The van der Waals surface area contributed by atoms with Crippen molar-refractivity contribution in [2.45, 2.75) is 20.8 Å². The number of hydrogen-bond acceptors (Lipinski definition) is 5. The second-order valence-electron chi connectivity index (χ2n) is 6.00. The standard InChI is InChI=1S/C18H21N5/c1-12(2)11-20-18-21-13(3)10-16(23-18)22-15-8-4-6-14-7-5-9-19-17(14)15/h4-10,12H,11H2,1-3H3,(H2,20,21,22,23). The lowest BCUT2D eigenvalue weighted by Crippen LogP contribution is -2.11. The van der Waals surface area contributed by atoms with Crippen molar-refractivity contribution < 1.29 is 0 Å². The van der Waals surface area contributed by atoms with E-state index in [2.05, 4.69) is 39.4 Å². The number of aryl methyl sites for hydroxylation is 1. The van der Waals surface area contributed by atoms with Crippen LogP contribution in [-0.4, -0.2) is 21.5 Å². The first-order valence-corrected chi connectivity index (χ1v) is 7.82. The van der Waals surface area contributed by atoms with Crippen molar-refractivity contribution in [3.63, 3.8) is 0 Å². The Labute approximate surface area is 136 Å². The fraction of sp³-hybridized carbons (Fsp3) is 0.278. The van der Waals surface area contributed by atoms with Crippen LogP contribution >= 0.6 is 0 Å². The van der Waals surface area contributed by atoms with Gasteiger partial charge in [0, 0.05) is 29.9 Å². The van der Waals surface area contributed by atoms with Gasteiger partial charge in [0.1, 0.15) is 5.82 Å². The van der Waals surface area contributed by atoms with Gasteiger partial charge in [-0.1, -0.05) is 32.0 Å². The molecule has 23 heavy (non-hydrogen) atoms. The van der Waals surface area contributed by atoms with Crippen molar-refractivity contribution in [3.8, 4) is 0 Å². The summed E-state index contributed by atoms with van der Waals surface area (Å²) in [5, 5.41) is 7.73. The van der Waals surface area contributed by atoms with Gasteiger partial charge in [0.15, 0.2) is 0 Å². The van der Waals surface area contributed by atoms with Crippen LogP contribution in [0, 0.1) is 12.8 Å². The minimum absolute atomic E-state index is 0.540. The number of fused-ring (bicyclic) bond motifs is 1. The Hall–Kier alpha value is -2.69. The molecule has 0 aliphatic carbocycles. The smallest absolute Gasteiger partial charge is 0.224 e. The number of aromatic nitrogens is 3. The van der Waals surface area contributed by atoms with E-state index >= 15 is 0 Å². The van der Waals surface area contributed by atoms with Crippen molar-refractivity contribution in [1.29, 1.82) is 0 Å². The molecule has 2 aromatic heterocycles. The first-order chi connectivity index (χ1) is 11.1. The van der Waals surface area contributed by atoms with Crippen molar-refractivity contribution in [1.82, 2.24) is 15.0 Å². The second kappa shape index (κ2) is 6.60. The number of para-hydroxylation sites is 1. The SMILES string of the molecule is Cc1cc(Nc2cccc3cccnc23)nc(NCC(C)C)n1. The lowest BCUT2D eigenvalue weighted by atomic mass is 10.2. The van der Waals surface area contributed by atoms with Crippen LogP contribution in [0.2, 0.25) is 0 Å². The van der Waals surface area contributed by atoms with Crippen LogP contribution in [0.5, 0.6) is 0 Å². The molecular weight excluding hydrogens is 286 g/mol. The largest absolute Gasteiger partial charge is 0.354 e. The zero-order valence-electron chi connectivity index (χ0n) is 13.7. The van der Waals surface area contributed by atoms with E-state index in [9.17, 15) is 0 Å². The Bertz CT molecular complexity index is 808. The van der Waals surface area contributed by atoms with Gasteiger partial charge in [-0.3, -0.25) is 4.98 Å². The van der Waals surface area contributed by atoms with Gasteiger partial charge in [-0.15, -0.1) is 0 Å². The van der Waals surface area contributed by atoms with Crippen LogP contribution in [0.1, 0.15) is 19.5 Å². The molecule has 0 aliphatic heterocycles. The molecule has 3 rings (SSSR count). The Morgan fingerprint density at radius 1 is 1.09 bits per heavy atom. The number of anilines is 3. The molecule has 0 atom stereocenters. The normalized spacial score (nSPS) is 11.0. The maximum Gasteiger partial charge on any atom is 0.224 e. The van der Waals surface area contributed by atoms with Gasteiger partial charge in [0.25, 0.3) is 0 Å². The number of nitrogens with zero attached hydrogens (tertiary/aromatic N) is 3. The lowest BCUT2D eigenvalue weighted by Gasteiger charge is -2.12. The third-order valence-electron chi connectivity index (χ3n) is 3.42. The average molecular weight is 307 g/mol. The van der Waals surface area contributed by atoms with E-state index in [-0.39, 0.29) is 0 Å². The molecule has 0 radical (unpaired) electrons. The van der Waals surface area contributed by atoms with E-state index in [0.29, 0.717) is 11.9 Å². The van der Waals surface area contributed by atoms with Gasteiger partial charge in [-0.05, 0) is 25.0 Å². The molecule has 0 spiro atoms. The van der Waals surface area contributed by atoms with Crippen molar-refractivity contribution in [3.05, 3.63) is 48.3 Å². The number of rotatable bonds is 5. The van der Waals surface area contributed by atoms with Crippen molar-refractivity contribution in [2.75, 3.05) is 17.2 Å². The summed E-state index contributed by atoms with van der Waals surface area (Å²) in [6.07, 6.45) is 1.80. The van der Waals surface area contributed by atoms with Gasteiger partial charge in [-0.25, -0.2) is 4.98 Å². The summed E-state index contributed by atoms with van der Waals surface area (Å²) in [5.74, 6) is 1.95. The highest BCUT2D eigenvalue weighted by Gasteiger charge is 2.06. The molecule has 5 heteroatoms. The van der Waals surface area contributed by atoms with Crippen LogP contribution in [-0.2, 0) is 0 Å². The average Bonchev–Trinajstić information content (AvgIpc) is 2.53. The molecule has 118 valence electrons. The van der Waals surface area contributed by atoms with E-state index in [1.165, 1.54) is 0 Å². The Morgan fingerprint density at radius 2 is 1.91 bits per heavy atom. The minimum atomic E-state index is 0.540. The lowest BCUT2D eigenvalue weighted by molar-refractivity contribution is 0.684. The van der Waals surface area contributed by atoms with Crippen molar-refractivity contribution >= 4 is 28.4 Å². The summed E-state index contributed by atoms with van der Waals surface area (Å²) in [6.45, 7) is 7.13. The van der Waals surface area contributed by atoms with E-state index in [4.69, 9.17) is 0 Å². The quantitative estimate of drug-likeness (QED) is 0.741. The maximum absolute atomic E-state index is 4.55. The van der Waals surface area contributed by atoms with Gasteiger partial charge < -0.3 is 10.6 Å². The Balaban J connectivity index is 1.89. The number of pyridine rings is 1. The summed E-state index contributed by atoms with van der Waals surface area (Å²) >= 11 is 0. The minimum Gasteiger partial charge on any atom is -0.354 e. The highest BCUT2D eigenvalue weighted by molar-refractivity contribution is 5.91. The molecule has 0 aliphatic rings. The van der Waals surface area contributed by atoms with Crippen molar-refractivity contribution in [2.24, 2.45) is 5.92 Å². The predicted molar refractivity (Wildman–Crippen MR) is 95.1 cm³/mol. The molecule has 2 heterocycles. The predicted octanol–water partition coefficient (Wildman–Crippen LogP) is 4.14. The van der Waals surface area contributed by atoms with Crippen LogP contribution in [0.4, 0.5) is 17.5 Å². The molecule has 0 saturated carbocycles. The summed E-state index contributed by atoms with van der Waals surface area (Å²) < 4.78 is 0. The monoisotopic (exact) mass is 307 g/mol. The number of benzene rings is 1. The highest BCUT2D eigenvalue weighted by atomic mass is 15.1. The maximum atomic E-state index is 4.55.